The fourth-order valence-corrected chi connectivity index (χ4v) is 2.41. The fraction of sp³-hybridized carbons (Fsp3) is 0. The van der Waals surface area contributed by atoms with E-state index in [9.17, 15) is 4.79 Å². The van der Waals surface area contributed by atoms with Crippen molar-refractivity contribution in [2.24, 2.45) is 0 Å². The lowest BCUT2D eigenvalue weighted by molar-refractivity contribution is 0.0693. The van der Waals surface area contributed by atoms with Crippen LogP contribution in [-0.4, -0.2) is 20.5 Å². The topological polar surface area (TPSA) is 54.6 Å². The summed E-state index contributed by atoms with van der Waals surface area (Å²) in [5.74, 6) is -0.994. The first-order chi connectivity index (χ1) is 5.70. The summed E-state index contributed by atoms with van der Waals surface area (Å²) < 4.78 is 2.51. The Morgan fingerprint density at radius 2 is 2.50 bits per heavy atom. The number of nitrogens with zero attached hydrogens (tertiary/aromatic N) is 2. The lowest BCUT2D eigenvalue weighted by atomic mass is 10.5. The van der Waals surface area contributed by atoms with Crippen molar-refractivity contribution >= 4 is 38.1 Å². The van der Waals surface area contributed by atoms with E-state index in [-0.39, 0.29) is 5.69 Å². The maximum absolute atomic E-state index is 10.6. The Balaban J connectivity index is 2.79. The van der Waals surface area contributed by atoms with Gasteiger partial charge in [0.25, 0.3) is 0 Å². The SMILES string of the molecule is O=C(O)c1ncn2c(Br)csc12. The van der Waals surface area contributed by atoms with Crippen LogP contribution in [0, 0.1) is 0 Å². The van der Waals surface area contributed by atoms with Crippen LogP contribution >= 0.6 is 27.3 Å². The van der Waals surface area contributed by atoms with Crippen LogP contribution in [0.15, 0.2) is 16.3 Å². The Kier molecular flexibility index (Phi) is 1.66. The molecule has 4 nitrogen and oxygen atoms in total. The van der Waals surface area contributed by atoms with Crippen LogP contribution in [0.2, 0.25) is 0 Å². The number of carbonyl (C=O) groups is 1. The molecule has 0 radical (unpaired) electrons. The molecule has 0 fully saturated rings. The molecule has 0 spiro atoms. The zero-order chi connectivity index (χ0) is 8.72. The normalized spacial score (nSPS) is 10.8. The molecule has 0 unspecified atom stereocenters. The highest BCUT2D eigenvalue weighted by Gasteiger charge is 2.13. The first kappa shape index (κ1) is 7.75. The Hall–Kier alpha value is -0.880. The van der Waals surface area contributed by atoms with Crippen molar-refractivity contribution in [2.75, 3.05) is 0 Å². The molecule has 2 aromatic rings. The van der Waals surface area contributed by atoms with Crippen molar-refractivity contribution in [3.63, 3.8) is 0 Å². The molecule has 0 amide bonds. The number of aromatic nitrogens is 2. The monoisotopic (exact) mass is 246 g/mol. The second kappa shape index (κ2) is 2.56. The number of hydrogen-bond acceptors (Lipinski definition) is 3. The minimum Gasteiger partial charge on any atom is -0.476 e. The Morgan fingerprint density at radius 3 is 3.17 bits per heavy atom. The quantitative estimate of drug-likeness (QED) is 0.836. The van der Waals surface area contributed by atoms with Gasteiger partial charge in [0.1, 0.15) is 15.8 Å². The van der Waals surface area contributed by atoms with Crippen LogP contribution in [0.4, 0.5) is 0 Å². The highest BCUT2D eigenvalue weighted by atomic mass is 79.9. The van der Waals surface area contributed by atoms with Gasteiger partial charge in [-0.25, -0.2) is 9.78 Å². The molecular weight excluding hydrogens is 244 g/mol. The molecular formula is C6H3BrN2O2S. The van der Waals surface area contributed by atoms with E-state index in [2.05, 4.69) is 20.9 Å². The first-order valence-electron chi connectivity index (χ1n) is 3.03. The summed E-state index contributed by atoms with van der Waals surface area (Å²) in [7, 11) is 0. The molecule has 0 saturated carbocycles. The molecule has 12 heavy (non-hydrogen) atoms. The van der Waals surface area contributed by atoms with Crippen molar-refractivity contribution in [3.05, 3.63) is 22.0 Å². The van der Waals surface area contributed by atoms with Crippen molar-refractivity contribution in [1.82, 2.24) is 9.38 Å². The number of imidazole rings is 1. The Labute approximate surface area is 79.6 Å². The summed E-state index contributed by atoms with van der Waals surface area (Å²) in [5, 5.41) is 10.5. The summed E-state index contributed by atoms with van der Waals surface area (Å²) in [6, 6.07) is 0. The second-order valence-corrected chi connectivity index (χ2v) is 3.80. The summed E-state index contributed by atoms with van der Waals surface area (Å²) >= 11 is 4.62. The van der Waals surface area contributed by atoms with Crippen LogP contribution in [0.25, 0.3) is 4.83 Å². The molecule has 0 aliphatic heterocycles. The van der Waals surface area contributed by atoms with Gasteiger partial charge in [-0.1, -0.05) is 0 Å². The van der Waals surface area contributed by atoms with Gasteiger partial charge in [0, 0.05) is 5.38 Å². The van der Waals surface area contributed by atoms with E-state index in [0.29, 0.717) is 4.83 Å². The van der Waals surface area contributed by atoms with Crippen LogP contribution in [0.3, 0.4) is 0 Å². The molecule has 0 atom stereocenters. The number of carboxylic acid groups (broad SMARTS) is 1. The molecule has 2 rings (SSSR count). The molecule has 0 aromatic carbocycles. The van der Waals surface area contributed by atoms with Gasteiger partial charge < -0.3 is 5.11 Å². The van der Waals surface area contributed by atoms with Gasteiger partial charge in [-0.15, -0.1) is 11.3 Å². The maximum Gasteiger partial charge on any atom is 0.357 e. The largest absolute Gasteiger partial charge is 0.476 e. The first-order valence-corrected chi connectivity index (χ1v) is 4.71. The number of fused-ring (bicyclic) bond motifs is 1. The number of carboxylic acids is 1. The molecule has 2 heterocycles. The van der Waals surface area contributed by atoms with Crippen LogP contribution in [-0.2, 0) is 0 Å². The summed E-state index contributed by atoms with van der Waals surface area (Å²) in [4.78, 5) is 15.0. The van der Waals surface area contributed by atoms with Crippen molar-refractivity contribution < 1.29 is 9.90 Å². The average molecular weight is 247 g/mol. The van der Waals surface area contributed by atoms with Crippen molar-refractivity contribution in [2.45, 2.75) is 0 Å². The molecule has 62 valence electrons. The Morgan fingerprint density at radius 1 is 1.75 bits per heavy atom. The zero-order valence-electron chi connectivity index (χ0n) is 5.69. The van der Waals surface area contributed by atoms with E-state index in [0.717, 1.165) is 4.60 Å². The van der Waals surface area contributed by atoms with Gasteiger partial charge in [-0.05, 0) is 15.9 Å². The van der Waals surface area contributed by atoms with Gasteiger partial charge in [0.15, 0.2) is 5.69 Å². The number of halogens is 1. The molecule has 6 heteroatoms. The van der Waals surface area contributed by atoms with Gasteiger partial charge >= 0.3 is 5.97 Å². The third-order valence-electron chi connectivity index (χ3n) is 1.42. The molecule has 1 N–H and O–H groups in total. The highest BCUT2D eigenvalue weighted by molar-refractivity contribution is 9.10. The third-order valence-corrected chi connectivity index (χ3v) is 3.29. The third kappa shape index (κ3) is 0.953. The lowest BCUT2D eigenvalue weighted by Gasteiger charge is -1.83. The van der Waals surface area contributed by atoms with E-state index >= 15 is 0 Å². The molecule has 0 aliphatic rings. The van der Waals surface area contributed by atoms with E-state index in [1.165, 1.54) is 17.7 Å². The maximum atomic E-state index is 10.6. The van der Waals surface area contributed by atoms with Crippen LogP contribution < -0.4 is 0 Å². The number of hydrogen-bond donors (Lipinski definition) is 1. The number of aromatic carboxylic acids is 1. The molecule has 2 aromatic heterocycles. The van der Waals surface area contributed by atoms with Crippen LogP contribution in [0.5, 0.6) is 0 Å². The van der Waals surface area contributed by atoms with E-state index < -0.39 is 5.97 Å². The number of thiazole rings is 1. The molecule has 0 bridgehead atoms. The van der Waals surface area contributed by atoms with Gasteiger partial charge in [-0.3, -0.25) is 4.40 Å². The van der Waals surface area contributed by atoms with Gasteiger partial charge in [-0.2, -0.15) is 0 Å². The summed E-state index contributed by atoms with van der Waals surface area (Å²) in [6.07, 6.45) is 1.49. The standard InChI is InChI=1S/C6H3BrN2O2S/c7-3-1-12-5-4(6(10)11)8-2-9(3)5/h1-2H,(H,10,11). The van der Waals surface area contributed by atoms with Crippen molar-refractivity contribution in [3.8, 4) is 0 Å². The predicted molar refractivity (Wildman–Crippen MR) is 47.7 cm³/mol. The smallest absolute Gasteiger partial charge is 0.357 e. The highest BCUT2D eigenvalue weighted by Crippen LogP contribution is 2.23. The van der Waals surface area contributed by atoms with Gasteiger partial charge in [0.05, 0.1) is 0 Å². The lowest BCUT2D eigenvalue weighted by Crippen LogP contribution is -1.95. The average Bonchev–Trinajstić information content (AvgIpc) is 2.53. The predicted octanol–water partition coefficient (Wildman–Crippen LogP) is 1.86. The van der Waals surface area contributed by atoms with E-state index in [1.807, 2.05) is 5.38 Å². The van der Waals surface area contributed by atoms with E-state index in [1.54, 1.807) is 4.40 Å². The summed E-state index contributed by atoms with van der Waals surface area (Å²) in [5.41, 5.74) is 0.103. The minimum atomic E-state index is -0.994. The Bertz CT molecular complexity index is 447. The second-order valence-electron chi connectivity index (χ2n) is 2.13. The van der Waals surface area contributed by atoms with E-state index in [4.69, 9.17) is 5.11 Å². The van der Waals surface area contributed by atoms with Crippen molar-refractivity contribution in [1.29, 1.82) is 0 Å². The fourth-order valence-electron chi connectivity index (χ4n) is 0.910. The number of rotatable bonds is 1. The van der Waals surface area contributed by atoms with Crippen LogP contribution in [0.1, 0.15) is 10.5 Å². The minimum absolute atomic E-state index is 0.103. The zero-order valence-corrected chi connectivity index (χ0v) is 8.09. The molecule has 0 saturated heterocycles. The van der Waals surface area contributed by atoms with Gasteiger partial charge in [0.2, 0.25) is 0 Å². The molecule has 0 aliphatic carbocycles. The summed E-state index contributed by atoms with van der Waals surface area (Å²) in [6.45, 7) is 0.